The van der Waals surface area contributed by atoms with Gasteiger partial charge in [0.05, 0.1) is 11.7 Å². The van der Waals surface area contributed by atoms with Crippen LogP contribution in [0.3, 0.4) is 0 Å². The molecule has 0 aromatic rings. The molecule has 1 N–H and O–H groups in total. The van der Waals surface area contributed by atoms with Gasteiger partial charge in [0.15, 0.2) is 0 Å². The molecule has 3 heteroatoms. The third-order valence-electron chi connectivity index (χ3n) is 3.12. The number of hydrogen-bond donors (Lipinski definition) is 1. The summed E-state index contributed by atoms with van der Waals surface area (Å²) in [4.78, 5) is 0. The van der Waals surface area contributed by atoms with E-state index in [1.54, 1.807) is 0 Å². The predicted molar refractivity (Wildman–Crippen MR) is 62.2 cm³/mol. The molecule has 0 spiro atoms. The lowest BCUT2D eigenvalue weighted by Gasteiger charge is -2.35. The van der Waals surface area contributed by atoms with E-state index >= 15 is 0 Å². The van der Waals surface area contributed by atoms with Crippen molar-refractivity contribution in [2.75, 3.05) is 26.3 Å². The van der Waals surface area contributed by atoms with Gasteiger partial charge in [0, 0.05) is 19.8 Å². The topological polar surface area (TPSA) is 30.5 Å². The lowest BCUT2D eigenvalue weighted by molar-refractivity contribution is -0.117. The van der Waals surface area contributed by atoms with Gasteiger partial charge in [-0.1, -0.05) is 13.8 Å². The van der Waals surface area contributed by atoms with Crippen molar-refractivity contribution in [1.29, 1.82) is 0 Å². The molecule has 3 nitrogen and oxygen atoms in total. The van der Waals surface area contributed by atoms with Gasteiger partial charge < -0.3 is 14.8 Å². The quantitative estimate of drug-likeness (QED) is 0.734. The third-order valence-corrected chi connectivity index (χ3v) is 3.12. The Bertz CT molecular complexity index is 169. The molecule has 1 saturated heterocycles. The summed E-state index contributed by atoms with van der Waals surface area (Å²) in [7, 11) is 0. The summed E-state index contributed by atoms with van der Waals surface area (Å²) < 4.78 is 11.5. The highest BCUT2D eigenvalue weighted by atomic mass is 16.5. The minimum Gasteiger partial charge on any atom is -0.381 e. The lowest BCUT2D eigenvalue weighted by atomic mass is 10.0. The van der Waals surface area contributed by atoms with Crippen LogP contribution in [0, 0.1) is 0 Å². The summed E-state index contributed by atoms with van der Waals surface area (Å²) >= 11 is 0. The maximum absolute atomic E-state index is 6.19. The van der Waals surface area contributed by atoms with Crippen molar-refractivity contribution in [2.45, 2.75) is 51.7 Å². The number of rotatable bonds is 6. The van der Waals surface area contributed by atoms with Crippen LogP contribution in [0.4, 0.5) is 0 Å². The second kappa shape index (κ2) is 6.46. The lowest BCUT2D eigenvalue weighted by Crippen LogP contribution is -2.43. The van der Waals surface area contributed by atoms with E-state index in [9.17, 15) is 0 Å². The van der Waals surface area contributed by atoms with Gasteiger partial charge in [-0.25, -0.2) is 0 Å². The highest BCUT2D eigenvalue weighted by Gasteiger charge is 2.27. The molecule has 1 fully saturated rings. The van der Waals surface area contributed by atoms with Crippen LogP contribution in [0.1, 0.15) is 40.0 Å². The van der Waals surface area contributed by atoms with E-state index in [-0.39, 0.29) is 5.60 Å². The molecule has 1 rings (SSSR count). The SMILES string of the molecule is CCNCC(C)(CC)OC1CCOCC1. The summed E-state index contributed by atoms with van der Waals surface area (Å²) in [5, 5.41) is 3.37. The standard InChI is InChI=1S/C12H25NO2/c1-4-12(3,10-13-5-2)15-11-6-8-14-9-7-11/h11,13H,4-10H2,1-3H3. The van der Waals surface area contributed by atoms with E-state index < -0.39 is 0 Å². The molecule has 0 aromatic carbocycles. The average molecular weight is 215 g/mol. The van der Waals surface area contributed by atoms with Crippen LogP contribution in [-0.4, -0.2) is 38.0 Å². The molecule has 1 unspecified atom stereocenters. The Balaban J connectivity index is 2.35. The first-order valence-corrected chi connectivity index (χ1v) is 6.16. The Labute approximate surface area is 93.5 Å². The first kappa shape index (κ1) is 12.9. The first-order valence-electron chi connectivity index (χ1n) is 6.16. The molecule has 1 atom stereocenters. The van der Waals surface area contributed by atoms with E-state index in [1.807, 2.05) is 0 Å². The Morgan fingerprint density at radius 1 is 1.33 bits per heavy atom. The van der Waals surface area contributed by atoms with Crippen molar-refractivity contribution in [3.05, 3.63) is 0 Å². The zero-order valence-corrected chi connectivity index (χ0v) is 10.3. The number of nitrogens with one attached hydrogen (secondary N) is 1. The van der Waals surface area contributed by atoms with Crippen LogP contribution < -0.4 is 5.32 Å². The van der Waals surface area contributed by atoms with Crippen molar-refractivity contribution in [3.63, 3.8) is 0 Å². The fourth-order valence-electron chi connectivity index (χ4n) is 1.84. The van der Waals surface area contributed by atoms with Crippen molar-refractivity contribution < 1.29 is 9.47 Å². The van der Waals surface area contributed by atoms with Crippen LogP contribution in [-0.2, 0) is 9.47 Å². The highest BCUT2D eigenvalue weighted by Crippen LogP contribution is 2.21. The molecule has 0 aliphatic carbocycles. The van der Waals surface area contributed by atoms with Crippen molar-refractivity contribution >= 4 is 0 Å². The van der Waals surface area contributed by atoms with Crippen molar-refractivity contribution in [1.82, 2.24) is 5.32 Å². The summed E-state index contributed by atoms with van der Waals surface area (Å²) in [5.74, 6) is 0. The molecule has 0 aromatic heterocycles. The van der Waals surface area contributed by atoms with Crippen LogP contribution in [0.5, 0.6) is 0 Å². The molecular weight excluding hydrogens is 190 g/mol. The van der Waals surface area contributed by atoms with E-state index in [4.69, 9.17) is 9.47 Å². The molecule has 0 saturated carbocycles. The van der Waals surface area contributed by atoms with Crippen molar-refractivity contribution in [3.8, 4) is 0 Å². The second-order valence-corrected chi connectivity index (χ2v) is 4.51. The molecule has 1 aliphatic rings. The summed E-state index contributed by atoms with van der Waals surface area (Å²) in [6, 6.07) is 0. The maximum atomic E-state index is 6.19. The minimum absolute atomic E-state index is 0.0159. The molecule has 0 bridgehead atoms. The summed E-state index contributed by atoms with van der Waals surface area (Å²) in [6.07, 6.45) is 3.53. The Kier molecular flexibility index (Phi) is 5.58. The molecule has 15 heavy (non-hydrogen) atoms. The highest BCUT2D eigenvalue weighted by molar-refractivity contribution is 4.79. The zero-order chi connectivity index (χ0) is 11.1. The number of ether oxygens (including phenoxy) is 2. The van der Waals surface area contributed by atoms with E-state index in [2.05, 4.69) is 26.1 Å². The summed E-state index contributed by atoms with van der Waals surface area (Å²) in [5.41, 5.74) is -0.0159. The van der Waals surface area contributed by atoms with Crippen LogP contribution >= 0.6 is 0 Å². The fraction of sp³-hybridized carbons (Fsp3) is 1.00. The molecule has 0 radical (unpaired) electrons. The molecule has 1 heterocycles. The minimum atomic E-state index is -0.0159. The van der Waals surface area contributed by atoms with Gasteiger partial charge >= 0.3 is 0 Å². The Hall–Kier alpha value is -0.120. The predicted octanol–water partition coefficient (Wildman–Crippen LogP) is 1.96. The zero-order valence-electron chi connectivity index (χ0n) is 10.3. The third kappa shape index (κ3) is 4.49. The molecule has 90 valence electrons. The monoisotopic (exact) mass is 215 g/mol. The average Bonchev–Trinajstić information content (AvgIpc) is 2.28. The maximum Gasteiger partial charge on any atom is 0.0779 e. The van der Waals surface area contributed by atoms with Gasteiger partial charge in [-0.2, -0.15) is 0 Å². The summed E-state index contributed by atoms with van der Waals surface area (Å²) in [6.45, 7) is 10.2. The molecular formula is C12H25NO2. The smallest absolute Gasteiger partial charge is 0.0779 e. The molecule has 1 aliphatic heterocycles. The van der Waals surface area contributed by atoms with Gasteiger partial charge in [0.2, 0.25) is 0 Å². The largest absolute Gasteiger partial charge is 0.381 e. The fourth-order valence-corrected chi connectivity index (χ4v) is 1.84. The van der Waals surface area contributed by atoms with Gasteiger partial charge in [-0.05, 0) is 32.7 Å². The Morgan fingerprint density at radius 3 is 2.53 bits per heavy atom. The van der Waals surface area contributed by atoms with Crippen LogP contribution in [0.15, 0.2) is 0 Å². The van der Waals surface area contributed by atoms with Crippen LogP contribution in [0.25, 0.3) is 0 Å². The normalized spacial score (nSPS) is 22.6. The number of hydrogen-bond acceptors (Lipinski definition) is 3. The van der Waals surface area contributed by atoms with Gasteiger partial charge in [-0.3, -0.25) is 0 Å². The van der Waals surface area contributed by atoms with Gasteiger partial charge in [-0.15, -0.1) is 0 Å². The van der Waals surface area contributed by atoms with E-state index in [1.165, 1.54) is 0 Å². The van der Waals surface area contributed by atoms with Gasteiger partial charge in [0.25, 0.3) is 0 Å². The molecule has 0 amide bonds. The second-order valence-electron chi connectivity index (χ2n) is 4.51. The Morgan fingerprint density at radius 2 is 2.00 bits per heavy atom. The first-order chi connectivity index (χ1) is 7.20. The van der Waals surface area contributed by atoms with E-state index in [0.29, 0.717) is 6.10 Å². The van der Waals surface area contributed by atoms with E-state index in [0.717, 1.165) is 45.6 Å². The number of likely N-dealkylation sites (N-methyl/N-ethyl adjacent to an activating group) is 1. The van der Waals surface area contributed by atoms with Crippen LogP contribution in [0.2, 0.25) is 0 Å². The van der Waals surface area contributed by atoms with Crippen molar-refractivity contribution in [2.24, 2.45) is 0 Å². The van der Waals surface area contributed by atoms with Gasteiger partial charge in [0.1, 0.15) is 0 Å².